The largest absolute Gasteiger partial charge is 0.0683 e. The lowest BCUT2D eigenvalue weighted by Gasteiger charge is -2.11. The highest BCUT2D eigenvalue weighted by molar-refractivity contribution is 5.81. The SMILES string of the molecule is CC(C)=C(/C(C)=C/C=C/c1ccc(C)cc1)c1ccc(C)cc1. The van der Waals surface area contributed by atoms with E-state index in [0.717, 1.165) is 0 Å². The molecule has 2 aromatic rings. The summed E-state index contributed by atoms with van der Waals surface area (Å²) in [5.41, 5.74) is 9.06. The second-order valence-electron chi connectivity index (χ2n) is 6.36. The fraction of sp³-hybridized carbons (Fsp3) is 0.217. The molecular formula is C23H26. The summed E-state index contributed by atoms with van der Waals surface area (Å²) in [5, 5.41) is 0. The van der Waals surface area contributed by atoms with E-state index in [1.807, 2.05) is 0 Å². The van der Waals surface area contributed by atoms with Crippen LogP contribution in [0.5, 0.6) is 0 Å². The van der Waals surface area contributed by atoms with Gasteiger partial charge in [-0.05, 0) is 56.9 Å². The van der Waals surface area contributed by atoms with E-state index in [2.05, 4.69) is 101 Å². The van der Waals surface area contributed by atoms with Crippen LogP contribution >= 0.6 is 0 Å². The van der Waals surface area contributed by atoms with Crippen molar-refractivity contribution >= 4 is 11.6 Å². The molecular weight excluding hydrogens is 276 g/mol. The molecule has 0 radical (unpaired) electrons. The van der Waals surface area contributed by atoms with Gasteiger partial charge in [0, 0.05) is 0 Å². The maximum Gasteiger partial charge on any atom is -0.0168 e. The molecule has 0 nitrogen and oxygen atoms in total. The molecule has 0 saturated carbocycles. The zero-order chi connectivity index (χ0) is 16.8. The second-order valence-corrected chi connectivity index (χ2v) is 6.36. The fourth-order valence-electron chi connectivity index (χ4n) is 2.70. The molecule has 0 aliphatic rings. The minimum Gasteiger partial charge on any atom is -0.0683 e. The standard InChI is InChI=1S/C23H26/c1-17(2)23(22-15-11-19(4)12-16-22)20(5)7-6-8-21-13-9-18(3)10-14-21/h6-16H,1-5H3/b8-6+,20-7+. The first-order valence-electron chi connectivity index (χ1n) is 8.14. The Morgan fingerprint density at radius 2 is 1.26 bits per heavy atom. The molecule has 0 atom stereocenters. The highest BCUT2D eigenvalue weighted by Crippen LogP contribution is 2.26. The lowest BCUT2D eigenvalue weighted by Crippen LogP contribution is -1.90. The van der Waals surface area contributed by atoms with Gasteiger partial charge in [-0.2, -0.15) is 0 Å². The van der Waals surface area contributed by atoms with Gasteiger partial charge in [0.05, 0.1) is 0 Å². The Labute approximate surface area is 140 Å². The number of aryl methyl sites for hydroxylation is 2. The zero-order valence-corrected chi connectivity index (χ0v) is 14.9. The number of hydrogen-bond donors (Lipinski definition) is 0. The minimum atomic E-state index is 1.23. The quantitative estimate of drug-likeness (QED) is 0.547. The summed E-state index contributed by atoms with van der Waals surface area (Å²) < 4.78 is 0. The van der Waals surface area contributed by atoms with Crippen LogP contribution in [-0.4, -0.2) is 0 Å². The van der Waals surface area contributed by atoms with Crippen LogP contribution in [0.3, 0.4) is 0 Å². The van der Waals surface area contributed by atoms with Gasteiger partial charge in [-0.25, -0.2) is 0 Å². The summed E-state index contributed by atoms with van der Waals surface area (Å²) in [4.78, 5) is 0. The summed E-state index contributed by atoms with van der Waals surface area (Å²) in [6.45, 7) is 10.8. The number of benzene rings is 2. The van der Waals surface area contributed by atoms with Gasteiger partial charge in [0.25, 0.3) is 0 Å². The Morgan fingerprint density at radius 1 is 0.739 bits per heavy atom. The maximum absolute atomic E-state index is 2.21. The Morgan fingerprint density at radius 3 is 1.78 bits per heavy atom. The first-order chi connectivity index (χ1) is 11.0. The summed E-state index contributed by atoms with van der Waals surface area (Å²) in [5.74, 6) is 0. The third-order valence-corrected chi connectivity index (χ3v) is 3.95. The lowest BCUT2D eigenvalue weighted by molar-refractivity contribution is 1.34. The molecule has 2 aromatic carbocycles. The number of allylic oxidation sites excluding steroid dienone is 5. The summed E-state index contributed by atoms with van der Waals surface area (Å²) in [6, 6.07) is 17.3. The van der Waals surface area contributed by atoms with Gasteiger partial charge in [0.2, 0.25) is 0 Å². The average Bonchev–Trinajstić information content (AvgIpc) is 2.51. The van der Waals surface area contributed by atoms with E-state index in [-0.39, 0.29) is 0 Å². The van der Waals surface area contributed by atoms with Gasteiger partial charge in [-0.3, -0.25) is 0 Å². The molecule has 23 heavy (non-hydrogen) atoms. The topological polar surface area (TPSA) is 0 Å². The summed E-state index contributed by atoms with van der Waals surface area (Å²) in [7, 11) is 0. The molecule has 0 aliphatic heterocycles. The molecule has 0 N–H and O–H groups in total. The van der Waals surface area contributed by atoms with Crippen molar-refractivity contribution in [3.63, 3.8) is 0 Å². The number of rotatable bonds is 4. The van der Waals surface area contributed by atoms with Crippen molar-refractivity contribution in [2.24, 2.45) is 0 Å². The Balaban J connectivity index is 2.24. The van der Waals surface area contributed by atoms with E-state index < -0.39 is 0 Å². The van der Waals surface area contributed by atoms with Gasteiger partial charge in [0.1, 0.15) is 0 Å². The van der Waals surface area contributed by atoms with E-state index in [9.17, 15) is 0 Å². The molecule has 0 heterocycles. The third kappa shape index (κ3) is 4.82. The molecule has 0 saturated heterocycles. The highest BCUT2D eigenvalue weighted by Gasteiger charge is 2.05. The molecule has 2 rings (SSSR count). The molecule has 0 aliphatic carbocycles. The van der Waals surface area contributed by atoms with Crippen molar-refractivity contribution in [1.82, 2.24) is 0 Å². The van der Waals surface area contributed by atoms with Crippen LogP contribution in [0, 0.1) is 13.8 Å². The van der Waals surface area contributed by atoms with Crippen molar-refractivity contribution in [2.75, 3.05) is 0 Å². The van der Waals surface area contributed by atoms with Gasteiger partial charge < -0.3 is 0 Å². The van der Waals surface area contributed by atoms with Crippen LogP contribution in [0.2, 0.25) is 0 Å². The molecule has 0 aromatic heterocycles. The Kier molecular flexibility index (Phi) is 5.76. The minimum absolute atomic E-state index is 1.23. The molecule has 0 amide bonds. The highest BCUT2D eigenvalue weighted by atomic mass is 14.1. The maximum atomic E-state index is 2.21. The van der Waals surface area contributed by atoms with Crippen molar-refractivity contribution in [3.05, 3.63) is 94.1 Å². The normalized spacial score (nSPS) is 11.8. The van der Waals surface area contributed by atoms with E-state index in [1.54, 1.807) is 0 Å². The van der Waals surface area contributed by atoms with Gasteiger partial charge in [0.15, 0.2) is 0 Å². The van der Waals surface area contributed by atoms with Crippen molar-refractivity contribution in [1.29, 1.82) is 0 Å². The zero-order valence-electron chi connectivity index (χ0n) is 14.9. The number of hydrogen-bond acceptors (Lipinski definition) is 0. The average molecular weight is 302 g/mol. The van der Waals surface area contributed by atoms with Crippen molar-refractivity contribution in [2.45, 2.75) is 34.6 Å². The van der Waals surface area contributed by atoms with Gasteiger partial charge >= 0.3 is 0 Å². The van der Waals surface area contributed by atoms with E-state index >= 15 is 0 Å². The Bertz CT molecular complexity index is 732. The molecule has 0 heteroatoms. The second kappa shape index (κ2) is 7.78. The monoisotopic (exact) mass is 302 g/mol. The van der Waals surface area contributed by atoms with Crippen LogP contribution in [0.4, 0.5) is 0 Å². The molecule has 0 fully saturated rings. The van der Waals surface area contributed by atoms with Crippen LogP contribution in [0.15, 0.2) is 71.8 Å². The molecule has 0 unspecified atom stereocenters. The third-order valence-electron chi connectivity index (χ3n) is 3.95. The molecule has 0 spiro atoms. The molecule has 0 bridgehead atoms. The lowest BCUT2D eigenvalue weighted by atomic mass is 9.94. The van der Waals surface area contributed by atoms with E-state index in [4.69, 9.17) is 0 Å². The van der Waals surface area contributed by atoms with Crippen molar-refractivity contribution in [3.8, 4) is 0 Å². The summed E-state index contributed by atoms with van der Waals surface area (Å²) >= 11 is 0. The fourth-order valence-corrected chi connectivity index (χ4v) is 2.70. The predicted molar refractivity (Wildman–Crippen MR) is 103 cm³/mol. The van der Waals surface area contributed by atoms with Crippen LogP contribution in [-0.2, 0) is 0 Å². The van der Waals surface area contributed by atoms with E-state index in [1.165, 1.54) is 39.0 Å². The molecule has 118 valence electrons. The van der Waals surface area contributed by atoms with Gasteiger partial charge in [-0.1, -0.05) is 83.5 Å². The predicted octanol–water partition coefficient (Wildman–Crippen LogP) is 6.76. The van der Waals surface area contributed by atoms with Gasteiger partial charge in [-0.15, -0.1) is 0 Å². The van der Waals surface area contributed by atoms with Crippen LogP contribution < -0.4 is 0 Å². The smallest absolute Gasteiger partial charge is 0.0168 e. The van der Waals surface area contributed by atoms with Crippen molar-refractivity contribution < 1.29 is 0 Å². The van der Waals surface area contributed by atoms with Crippen LogP contribution in [0.25, 0.3) is 11.6 Å². The Hall–Kier alpha value is -2.34. The van der Waals surface area contributed by atoms with E-state index in [0.29, 0.717) is 0 Å². The first kappa shape index (κ1) is 17.0. The summed E-state index contributed by atoms with van der Waals surface area (Å²) in [6.07, 6.45) is 6.49. The van der Waals surface area contributed by atoms with Crippen LogP contribution in [0.1, 0.15) is 43.0 Å². The first-order valence-corrected chi connectivity index (χ1v) is 8.14.